The molecule has 2 heteroatoms. The van der Waals surface area contributed by atoms with Gasteiger partial charge in [-0.3, -0.25) is 0 Å². The average Bonchev–Trinajstić information content (AvgIpc) is 3.05. The van der Waals surface area contributed by atoms with Gasteiger partial charge < -0.3 is 10.2 Å². The van der Waals surface area contributed by atoms with Gasteiger partial charge in [-0.2, -0.15) is 0 Å². The van der Waals surface area contributed by atoms with Crippen molar-refractivity contribution in [2.75, 3.05) is 0 Å². The highest BCUT2D eigenvalue weighted by Crippen LogP contribution is 2.69. The summed E-state index contributed by atoms with van der Waals surface area (Å²) in [6, 6.07) is 0. The predicted octanol–water partition coefficient (Wildman–Crippen LogP) is 6.97. The zero-order valence-electron chi connectivity index (χ0n) is 20.6. The van der Waals surface area contributed by atoms with Gasteiger partial charge in [0.15, 0.2) is 0 Å². The summed E-state index contributed by atoms with van der Waals surface area (Å²) in [5.41, 5.74) is 0.0846. The number of unbranched alkanes of at least 4 members (excludes halogenated alkanes) is 3. The highest BCUT2D eigenvalue weighted by atomic mass is 16.3. The molecule has 0 radical (unpaired) electrons. The summed E-state index contributed by atoms with van der Waals surface area (Å²) in [6.45, 7) is 11.9. The van der Waals surface area contributed by atoms with Crippen LogP contribution in [0.3, 0.4) is 0 Å². The lowest BCUT2D eigenvalue weighted by molar-refractivity contribution is -0.173. The first-order chi connectivity index (χ1) is 14.1. The summed E-state index contributed by atoms with van der Waals surface area (Å²) in [6.07, 6.45) is 15.9. The minimum atomic E-state index is -0.524. The number of aliphatic hydroxyl groups is 2. The van der Waals surface area contributed by atoms with E-state index in [2.05, 4.69) is 34.6 Å². The minimum Gasteiger partial charge on any atom is -0.393 e. The summed E-state index contributed by atoms with van der Waals surface area (Å²) in [5.74, 6) is 3.91. The van der Waals surface area contributed by atoms with Gasteiger partial charge in [-0.1, -0.05) is 59.8 Å². The van der Waals surface area contributed by atoms with E-state index >= 15 is 0 Å². The molecule has 0 amide bonds. The summed E-state index contributed by atoms with van der Waals surface area (Å²) in [4.78, 5) is 0. The second-order valence-corrected chi connectivity index (χ2v) is 13.0. The molecule has 4 rings (SSSR count). The van der Waals surface area contributed by atoms with Gasteiger partial charge in [0.2, 0.25) is 0 Å². The molecule has 4 aliphatic carbocycles. The van der Waals surface area contributed by atoms with Crippen LogP contribution in [0.2, 0.25) is 0 Å². The highest BCUT2D eigenvalue weighted by Gasteiger charge is 2.63. The summed E-state index contributed by atoms with van der Waals surface area (Å²) >= 11 is 0. The Labute approximate surface area is 186 Å². The number of hydrogen-bond donors (Lipinski definition) is 2. The van der Waals surface area contributed by atoms with Crippen LogP contribution < -0.4 is 0 Å². The average molecular weight is 419 g/mol. The van der Waals surface area contributed by atoms with E-state index in [1.807, 2.05) is 0 Å². The number of fused-ring (bicyclic) bond motifs is 5. The molecule has 0 aromatic rings. The van der Waals surface area contributed by atoms with E-state index in [1.165, 1.54) is 70.6 Å². The Hall–Kier alpha value is -0.0800. The van der Waals surface area contributed by atoms with Crippen LogP contribution in [0.25, 0.3) is 0 Å². The van der Waals surface area contributed by atoms with Gasteiger partial charge in [-0.05, 0) is 105 Å². The molecule has 4 fully saturated rings. The van der Waals surface area contributed by atoms with Gasteiger partial charge in [0.1, 0.15) is 0 Å². The van der Waals surface area contributed by atoms with Crippen LogP contribution in [0.4, 0.5) is 0 Å². The van der Waals surface area contributed by atoms with Crippen LogP contribution in [0.15, 0.2) is 0 Å². The summed E-state index contributed by atoms with van der Waals surface area (Å²) in [7, 11) is 0. The number of hydrogen-bond acceptors (Lipinski definition) is 2. The number of aliphatic hydroxyl groups excluding tert-OH is 1. The molecule has 0 spiro atoms. The Morgan fingerprint density at radius 1 is 0.867 bits per heavy atom. The fraction of sp³-hybridized carbons (Fsp3) is 1.00. The van der Waals surface area contributed by atoms with Crippen LogP contribution >= 0.6 is 0 Å². The Morgan fingerprint density at radius 2 is 1.57 bits per heavy atom. The van der Waals surface area contributed by atoms with Crippen LogP contribution in [0.5, 0.6) is 0 Å². The Kier molecular flexibility index (Phi) is 6.44. The Bertz CT molecular complexity index is 599. The van der Waals surface area contributed by atoms with E-state index in [9.17, 15) is 10.2 Å². The number of rotatable bonds is 6. The maximum Gasteiger partial charge on any atom is 0.0653 e. The first-order valence-corrected chi connectivity index (χ1v) is 13.5. The fourth-order valence-corrected chi connectivity index (χ4v) is 9.60. The smallest absolute Gasteiger partial charge is 0.0653 e. The Morgan fingerprint density at radius 3 is 2.30 bits per heavy atom. The third kappa shape index (κ3) is 3.70. The van der Waals surface area contributed by atoms with Gasteiger partial charge in [0.05, 0.1) is 11.7 Å². The largest absolute Gasteiger partial charge is 0.393 e. The zero-order chi connectivity index (χ0) is 21.7. The third-order valence-corrected chi connectivity index (χ3v) is 11.2. The van der Waals surface area contributed by atoms with Crippen LogP contribution in [0.1, 0.15) is 118 Å². The molecule has 0 bridgehead atoms. The molecule has 0 unspecified atom stereocenters. The molecule has 0 aliphatic heterocycles. The molecule has 2 nitrogen and oxygen atoms in total. The van der Waals surface area contributed by atoms with Gasteiger partial charge in [-0.15, -0.1) is 0 Å². The lowest BCUT2D eigenvalue weighted by atomic mass is 9.43. The van der Waals surface area contributed by atoms with Crippen molar-refractivity contribution in [3.8, 4) is 0 Å². The molecular formula is C28H50O2. The fourth-order valence-electron chi connectivity index (χ4n) is 9.60. The van der Waals surface area contributed by atoms with Crippen molar-refractivity contribution in [3.63, 3.8) is 0 Å². The van der Waals surface area contributed by atoms with E-state index in [1.54, 1.807) is 0 Å². The lowest BCUT2D eigenvalue weighted by Gasteiger charge is -2.62. The first kappa shape index (κ1) is 23.1. The normalized spacial score (nSPS) is 50.3. The SMILES string of the molecule is CCCCCC[C@](C)(O)[C@H]1CC[C@H]2[C@@H]3C[C@H](O)[C@H]4C[C@@H](C)CC[C@]4(C)[C@H]3CC[C@@]21C. The van der Waals surface area contributed by atoms with Crippen molar-refractivity contribution in [1.29, 1.82) is 0 Å². The molecule has 0 aromatic carbocycles. The molecule has 4 saturated carbocycles. The molecule has 174 valence electrons. The van der Waals surface area contributed by atoms with Crippen molar-refractivity contribution < 1.29 is 10.2 Å². The van der Waals surface area contributed by atoms with Crippen molar-refractivity contribution in [1.82, 2.24) is 0 Å². The van der Waals surface area contributed by atoms with Crippen molar-refractivity contribution >= 4 is 0 Å². The highest BCUT2D eigenvalue weighted by molar-refractivity contribution is 5.12. The molecule has 30 heavy (non-hydrogen) atoms. The van der Waals surface area contributed by atoms with Crippen LogP contribution in [-0.4, -0.2) is 21.9 Å². The Balaban J connectivity index is 1.52. The van der Waals surface area contributed by atoms with Crippen molar-refractivity contribution in [3.05, 3.63) is 0 Å². The topological polar surface area (TPSA) is 40.5 Å². The molecule has 2 N–H and O–H groups in total. The monoisotopic (exact) mass is 418 g/mol. The van der Waals surface area contributed by atoms with Crippen LogP contribution in [0, 0.1) is 46.3 Å². The van der Waals surface area contributed by atoms with E-state index in [4.69, 9.17) is 0 Å². The maximum atomic E-state index is 11.6. The molecule has 0 saturated heterocycles. The molecule has 10 atom stereocenters. The zero-order valence-corrected chi connectivity index (χ0v) is 20.6. The van der Waals surface area contributed by atoms with Gasteiger partial charge >= 0.3 is 0 Å². The van der Waals surface area contributed by atoms with Gasteiger partial charge in [-0.25, -0.2) is 0 Å². The first-order valence-electron chi connectivity index (χ1n) is 13.5. The third-order valence-electron chi connectivity index (χ3n) is 11.2. The van der Waals surface area contributed by atoms with E-state index in [0.29, 0.717) is 29.1 Å². The summed E-state index contributed by atoms with van der Waals surface area (Å²) < 4.78 is 0. The lowest BCUT2D eigenvalue weighted by Crippen LogP contribution is -2.58. The van der Waals surface area contributed by atoms with Crippen molar-refractivity contribution in [2.45, 2.75) is 130 Å². The molecular weight excluding hydrogens is 368 g/mol. The summed E-state index contributed by atoms with van der Waals surface area (Å²) in [5, 5.41) is 22.9. The predicted molar refractivity (Wildman–Crippen MR) is 125 cm³/mol. The second-order valence-electron chi connectivity index (χ2n) is 13.0. The molecule has 4 aliphatic rings. The van der Waals surface area contributed by atoms with Gasteiger partial charge in [0.25, 0.3) is 0 Å². The minimum absolute atomic E-state index is 0.102. The van der Waals surface area contributed by atoms with E-state index < -0.39 is 5.60 Å². The van der Waals surface area contributed by atoms with Crippen molar-refractivity contribution in [2.24, 2.45) is 46.3 Å². The maximum absolute atomic E-state index is 11.6. The van der Waals surface area contributed by atoms with E-state index in [0.717, 1.165) is 24.7 Å². The second kappa shape index (κ2) is 8.36. The molecule has 0 heterocycles. The quantitative estimate of drug-likeness (QED) is 0.457. The van der Waals surface area contributed by atoms with Gasteiger partial charge in [0, 0.05) is 0 Å². The van der Waals surface area contributed by atoms with E-state index in [-0.39, 0.29) is 11.5 Å². The standard InChI is InChI=1S/C28H50O2/c1-6-7-8-9-14-28(5,30)25-11-10-21-20-18-24(29)23-17-19(2)12-15-26(23,3)22(20)13-16-27(21,25)4/h19-25,29-30H,6-18H2,1-5H3/t19-,20-,21-,22-,23+,24-,25-,26+,27-,28-/m0/s1. The van der Waals surface area contributed by atoms with Crippen LogP contribution in [-0.2, 0) is 0 Å². The molecule has 0 aromatic heterocycles.